The first-order valence-electron chi connectivity index (χ1n) is 6.86. The largest absolute Gasteiger partial charge is 0.376 e. The highest BCUT2D eigenvalue weighted by atomic mass is 19.1. The molecular weight excluding hydrogens is 267 g/mol. The van der Waals surface area contributed by atoms with E-state index >= 15 is 0 Å². The third-order valence-electron chi connectivity index (χ3n) is 3.20. The maximum absolute atomic E-state index is 13.9. The van der Waals surface area contributed by atoms with Gasteiger partial charge in [-0.1, -0.05) is 29.8 Å². The van der Waals surface area contributed by atoms with E-state index in [-0.39, 0.29) is 17.8 Å². The van der Waals surface area contributed by atoms with E-state index in [1.54, 1.807) is 12.1 Å². The molecule has 0 saturated heterocycles. The zero-order valence-corrected chi connectivity index (χ0v) is 12.4. The zero-order valence-electron chi connectivity index (χ0n) is 12.4. The summed E-state index contributed by atoms with van der Waals surface area (Å²) in [5, 5.41) is 5.79. The van der Waals surface area contributed by atoms with Crippen LogP contribution in [0, 0.1) is 12.7 Å². The SMILES string of the molecule is CC(=O)Nc1ccc(F)c(NC(C)c2cccc(C)c2)c1. The molecule has 0 bridgehead atoms. The van der Waals surface area contributed by atoms with E-state index in [4.69, 9.17) is 0 Å². The van der Waals surface area contributed by atoms with Crippen molar-refractivity contribution >= 4 is 17.3 Å². The van der Waals surface area contributed by atoms with E-state index in [0.29, 0.717) is 11.4 Å². The van der Waals surface area contributed by atoms with Gasteiger partial charge in [-0.25, -0.2) is 4.39 Å². The summed E-state index contributed by atoms with van der Waals surface area (Å²) in [6.07, 6.45) is 0. The molecule has 2 rings (SSSR count). The van der Waals surface area contributed by atoms with E-state index in [1.165, 1.54) is 13.0 Å². The first kappa shape index (κ1) is 15.0. The Bertz CT molecular complexity index is 655. The van der Waals surface area contributed by atoms with Gasteiger partial charge in [0, 0.05) is 18.7 Å². The summed E-state index contributed by atoms with van der Waals surface area (Å²) in [6, 6.07) is 12.5. The summed E-state index contributed by atoms with van der Waals surface area (Å²) < 4.78 is 13.9. The van der Waals surface area contributed by atoms with Crippen LogP contribution in [-0.2, 0) is 4.79 Å². The van der Waals surface area contributed by atoms with Crippen LogP contribution in [0.2, 0.25) is 0 Å². The molecule has 21 heavy (non-hydrogen) atoms. The van der Waals surface area contributed by atoms with E-state index in [0.717, 1.165) is 11.1 Å². The van der Waals surface area contributed by atoms with Crippen molar-refractivity contribution in [1.29, 1.82) is 0 Å². The lowest BCUT2D eigenvalue weighted by atomic mass is 10.1. The number of amides is 1. The summed E-state index contributed by atoms with van der Waals surface area (Å²) in [5.74, 6) is -0.525. The highest BCUT2D eigenvalue weighted by Crippen LogP contribution is 2.25. The molecule has 2 aromatic carbocycles. The number of aryl methyl sites for hydroxylation is 1. The number of hydrogen-bond acceptors (Lipinski definition) is 2. The Labute approximate surface area is 124 Å². The monoisotopic (exact) mass is 286 g/mol. The molecule has 2 N–H and O–H groups in total. The molecule has 0 aliphatic rings. The van der Waals surface area contributed by atoms with E-state index in [1.807, 2.05) is 32.0 Å². The van der Waals surface area contributed by atoms with Crippen molar-refractivity contribution in [3.63, 3.8) is 0 Å². The van der Waals surface area contributed by atoms with Gasteiger partial charge in [-0.3, -0.25) is 4.79 Å². The second-order valence-corrected chi connectivity index (χ2v) is 5.16. The molecule has 0 aromatic heterocycles. The Hall–Kier alpha value is -2.36. The molecule has 110 valence electrons. The number of rotatable bonds is 4. The molecule has 0 spiro atoms. The minimum Gasteiger partial charge on any atom is -0.376 e. The van der Waals surface area contributed by atoms with E-state index < -0.39 is 0 Å². The van der Waals surface area contributed by atoms with Crippen molar-refractivity contribution in [3.05, 3.63) is 59.4 Å². The van der Waals surface area contributed by atoms with E-state index in [9.17, 15) is 9.18 Å². The summed E-state index contributed by atoms with van der Waals surface area (Å²) in [7, 11) is 0. The number of anilines is 2. The number of benzene rings is 2. The minimum atomic E-state index is -0.344. The molecular formula is C17H19FN2O. The van der Waals surface area contributed by atoms with Gasteiger partial charge in [0.1, 0.15) is 5.82 Å². The predicted octanol–water partition coefficient (Wildman–Crippen LogP) is 4.27. The third-order valence-corrected chi connectivity index (χ3v) is 3.20. The molecule has 0 heterocycles. The highest BCUT2D eigenvalue weighted by molar-refractivity contribution is 5.89. The Morgan fingerprint density at radius 2 is 1.95 bits per heavy atom. The molecule has 0 fully saturated rings. The molecule has 1 unspecified atom stereocenters. The normalized spacial score (nSPS) is 11.8. The Balaban J connectivity index is 2.20. The van der Waals surface area contributed by atoms with Crippen LogP contribution in [0.15, 0.2) is 42.5 Å². The molecule has 0 saturated carbocycles. The zero-order chi connectivity index (χ0) is 15.4. The second-order valence-electron chi connectivity index (χ2n) is 5.16. The smallest absolute Gasteiger partial charge is 0.221 e. The summed E-state index contributed by atoms with van der Waals surface area (Å²) in [5.41, 5.74) is 3.19. The van der Waals surface area contributed by atoms with Gasteiger partial charge in [0.25, 0.3) is 0 Å². The van der Waals surface area contributed by atoms with Crippen molar-refractivity contribution in [1.82, 2.24) is 0 Å². The van der Waals surface area contributed by atoms with Gasteiger partial charge in [0.05, 0.1) is 5.69 Å². The molecule has 0 aliphatic carbocycles. The first-order chi connectivity index (χ1) is 9.95. The van der Waals surface area contributed by atoms with Gasteiger partial charge in [-0.2, -0.15) is 0 Å². The van der Waals surface area contributed by atoms with Gasteiger partial charge in [-0.05, 0) is 37.6 Å². The fourth-order valence-electron chi connectivity index (χ4n) is 2.17. The maximum Gasteiger partial charge on any atom is 0.221 e. The predicted molar refractivity (Wildman–Crippen MR) is 83.9 cm³/mol. The van der Waals surface area contributed by atoms with Crippen LogP contribution in [0.5, 0.6) is 0 Å². The van der Waals surface area contributed by atoms with Crippen molar-refractivity contribution in [2.45, 2.75) is 26.8 Å². The van der Waals surface area contributed by atoms with Crippen molar-refractivity contribution in [2.75, 3.05) is 10.6 Å². The van der Waals surface area contributed by atoms with Crippen LogP contribution in [0.4, 0.5) is 15.8 Å². The summed E-state index contributed by atoms with van der Waals surface area (Å²) in [6.45, 7) is 5.42. The van der Waals surface area contributed by atoms with Crippen molar-refractivity contribution in [2.24, 2.45) is 0 Å². The molecule has 1 amide bonds. The van der Waals surface area contributed by atoms with Gasteiger partial charge < -0.3 is 10.6 Å². The number of carbonyl (C=O) groups excluding carboxylic acids is 1. The third kappa shape index (κ3) is 4.05. The molecule has 1 atom stereocenters. The average Bonchev–Trinajstić information content (AvgIpc) is 2.42. The molecule has 3 nitrogen and oxygen atoms in total. The van der Waals surface area contributed by atoms with Crippen LogP contribution in [0.3, 0.4) is 0 Å². The highest BCUT2D eigenvalue weighted by Gasteiger charge is 2.10. The van der Waals surface area contributed by atoms with Gasteiger partial charge in [-0.15, -0.1) is 0 Å². The lowest BCUT2D eigenvalue weighted by molar-refractivity contribution is -0.114. The van der Waals surface area contributed by atoms with Crippen molar-refractivity contribution < 1.29 is 9.18 Å². The van der Waals surface area contributed by atoms with Gasteiger partial charge in [0.15, 0.2) is 0 Å². The number of halogens is 1. The summed E-state index contributed by atoms with van der Waals surface area (Å²) in [4.78, 5) is 11.1. The number of nitrogens with one attached hydrogen (secondary N) is 2. The fourth-order valence-corrected chi connectivity index (χ4v) is 2.17. The molecule has 2 aromatic rings. The topological polar surface area (TPSA) is 41.1 Å². The summed E-state index contributed by atoms with van der Waals surface area (Å²) >= 11 is 0. The second kappa shape index (κ2) is 6.39. The Kier molecular flexibility index (Phi) is 4.58. The Morgan fingerprint density at radius 1 is 1.19 bits per heavy atom. The average molecular weight is 286 g/mol. The number of hydrogen-bond donors (Lipinski definition) is 2. The van der Waals surface area contributed by atoms with Crippen LogP contribution in [0.25, 0.3) is 0 Å². The lowest BCUT2D eigenvalue weighted by Gasteiger charge is -2.17. The van der Waals surface area contributed by atoms with Gasteiger partial charge in [0.2, 0.25) is 5.91 Å². The fraction of sp³-hybridized carbons (Fsp3) is 0.235. The standard InChI is InChI=1S/C17H19FN2O/c1-11-5-4-6-14(9-11)12(2)19-17-10-15(20-13(3)21)7-8-16(17)18/h4-10,12,19H,1-3H3,(H,20,21). The van der Waals surface area contributed by atoms with Crippen molar-refractivity contribution in [3.8, 4) is 0 Å². The maximum atomic E-state index is 13.9. The van der Waals surface area contributed by atoms with Crippen LogP contribution < -0.4 is 10.6 Å². The van der Waals surface area contributed by atoms with Crippen LogP contribution >= 0.6 is 0 Å². The van der Waals surface area contributed by atoms with E-state index in [2.05, 4.69) is 16.7 Å². The van der Waals surface area contributed by atoms with Crippen LogP contribution in [-0.4, -0.2) is 5.91 Å². The molecule has 4 heteroatoms. The Morgan fingerprint density at radius 3 is 2.62 bits per heavy atom. The van der Waals surface area contributed by atoms with Gasteiger partial charge >= 0.3 is 0 Å². The van der Waals surface area contributed by atoms with Crippen LogP contribution in [0.1, 0.15) is 31.0 Å². The molecule has 0 radical (unpaired) electrons. The minimum absolute atomic E-state index is 0.0352. The first-order valence-corrected chi connectivity index (χ1v) is 6.86. The quantitative estimate of drug-likeness (QED) is 0.881. The lowest BCUT2D eigenvalue weighted by Crippen LogP contribution is -2.10. The molecule has 0 aliphatic heterocycles. The number of carbonyl (C=O) groups is 1.